The summed E-state index contributed by atoms with van der Waals surface area (Å²) in [5.74, 6) is -0.0567. The molecule has 1 aromatic carbocycles. The number of carbonyl (C=O) groups is 2. The molecule has 1 fully saturated rings. The van der Waals surface area contributed by atoms with E-state index in [4.69, 9.17) is 5.73 Å². The van der Waals surface area contributed by atoms with E-state index in [0.717, 1.165) is 6.42 Å². The van der Waals surface area contributed by atoms with Crippen molar-refractivity contribution in [2.45, 2.75) is 25.8 Å². The molecule has 2 rings (SSSR count). The minimum Gasteiger partial charge on any atom is -0.399 e. The van der Waals surface area contributed by atoms with Crippen molar-refractivity contribution in [2.75, 3.05) is 24.1 Å². The monoisotopic (exact) mass is 276 g/mol. The predicted octanol–water partition coefficient (Wildman–Crippen LogP) is 0.709. The van der Waals surface area contributed by atoms with Crippen molar-refractivity contribution in [1.29, 1.82) is 0 Å². The number of nitrogens with two attached hydrogens (primary N) is 1. The van der Waals surface area contributed by atoms with E-state index in [9.17, 15) is 9.59 Å². The summed E-state index contributed by atoms with van der Waals surface area (Å²) in [7, 11) is 0. The summed E-state index contributed by atoms with van der Waals surface area (Å²) in [5, 5.41) is 8.85. The first-order valence-electron chi connectivity index (χ1n) is 6.81. The van der Waals surface area contributed by atoms with Crippen LogP contribution in [0.4, 0.5) is 11.4 Å². The van der Waals surface area contributed by atoms with Crippen LogP contribution < -0.4 is 21.7 Å². The van der Waals surface area contributed by atoms with Gasteiger partial charge in [-0.1, -0.05) is 0 Å². The van der Waals surface area contributed by atoms with E-state index in [2.05, 4.69) is 16.0 Å². The van der Waals surface area contributed by atoms with Gasteiger partial charge >= 0.3 is 0 Å². The van der Waals surface area contributed by atoms with Crippen LogP contribution in [0.3, 0.4) is 0 Å². The maximum absolute atomic E-state index is 12.0. The molecule has 0 radical (unpaired) electrons. The Labute approximate surface area is 118 Å². The summed E-state index contributed by atoms with van der Waals surface area (Å²) in [6.45, 7) is 3.03. The average Bonchev–Trinajstić information content (AvgIpc) is 2.82. The highest BCUT2D eigenvalue weighted by molar-refractivity contribution is 6.00. The largest absolute Gasteiger partial charge is 0.399 e. The highest BCUT2D eigenvalue weighted by Gasteiger charge is 2.21. The van der Waals surface area contributed by atoms with Crippen LogP contribution in [0.1, 0.15) is 30.1 Å². The number of amides is 2. The van der Waals surface area contributed by atoms with Crippen LogP contribution in [0.2, 0.25) is 0 Å². The molecule has 2 amide bonds. The molecule has 0 saturated carbocycles. The van der Waals surface area contributed by atoms with Gasteiger partial charge < -0.3 is 21.7 Å². The van der Waals surface area contributed by atoms with Crippen molar-refractivity contribution >= 4 is 23.2 Å². The van der Waals surface area contributed by atoms with Gasteiger partial charge in [-0.15, -0.1) is 0 Å². The number of hydrogen-bond acceptors (Lipinski definition) is 4. The molecule has 108 valence electrons. The molecular weight excluding hydrogens is 256 g/mol. The third-order valence-electron chi connectivity index (χ3n) is 3.25. The molecular formula is C14H20N4O2. The molecule has 5 N–H and O–H groups in total. The minimum atomic E-state index is -0.134. The van der Waals surface area contributed by atoms with Gasteiger partial charge in [0.25, 0.3) is 5.91 Å². The number of nitrogens with one attached hydrogen (secondary N) is 3. The Morgan fingerprint density at radius 2 is 2.30 bits per heavy atom. The number of rotatable bonds is 5. The molecule has 1 aliphatic rings. The van der Waals surface area contributed by atoms with E-state index in [1.807, 2.05) is 6.92 Å². The molecule has 1 saturated heterocycles. The maximum Gasteiger partial charge on any atom is 0.253 e. The van der Waals surface area contributed by atoms with Crippen LogP contribution in [-0.2, 0) is 4.79 Å². The van der Waals surface area contributed by atoms with Gasteiger partial charge in [-0.2, -0.15) is 0 Å². The van der Waals surface area contributed by atoms with Crippen molar-refractivity contribution in [1.82, 2.24) is 10.6 Å². The molecule has 20 heavy (non-hydrogen) atoms. The van der Waals surface area contributed by atoms with Crippen LogP contribution in [0.15, 0.2) is 18.2 Å². The second kappa shape index (κ2) is 6.27. The van der Waals surface area contributed by atoms with Gasteiger partial charge in [0.15, 0.2) is 0 Å². The fourth-order valence-corrected chi connectivity index (χ4v) is 2.23. The molecule has 1 aromatic rings. The highest BCUT2D eigenvalue weighted by Crippen LogP contribution is 2.20. The molecule has 1 heterocycles. The van der Waals surface area contributed by atoms with E-state index < -0.39 is 0 Å². The lowest BCUT2D eigenvalue weighted by Crippen LogP contribution is -2.32. The number of nitrogen functional groups attached to an aromatic ring is 1. The Hall–Kier alpha value is -2.24. The first-order valence-corrected chi connectivity index (χ1v) is 6.81. The van der Waals surface area contributed by atoms with Gasteiger partial charge in [0.2, 0.25) is 5.91 Å². The number of carbonyl (C=O) groups excluding carboxylic acids is 2. The quantitative estimate of drug-likeness (QED) is 0.595. The first-order chi connectivity index (χ1) is 9.60. The highest BCUT2D eigenvalue weighted by atomic mass is 16.2. The normalized spacial score (nSPS) is 17.6. The second-order valence-corrected chi connectivity index (χ2v) is 4.85. The fourth-order valence-electron chi connectivity index (χ4n) is 2.23. The van der Waals surface area contributed by atoms with Crippen LogP contribution in [-0.4, -0.2) is 30.9 Å². The maximum atomic E-state index is 12.0. The minimum absolute atomic E-state index is 0.0772. The topological polar surface area (TPSA) is 96.2 Å². The Kier molecular flexibility index (Phi) is 4.45. The van der Waals surface area contributed by atoms with Crippen molar-refractivity contribution in [2.24, 2.45) is 0 Å². The molecule has 1 atom stereocenters. The van der Waals surface area contributed by atoms with Gasteiger partial charge in [0.1, 0.15) is 0 Å². The standard InChI is InChI=1S/C14H20N4O2/c1-2-16-14(20)11-5-3-9(15)7-12(11)17-8-10-4-6-13(19)18-10/h3,5,7,10,17H,2,4,6,8,15H2,1H3,(H,16,20)(H,18,19). The van der Waals surface area contributed by atoms with Crippen molar-refractivity contribution in [3.05, 3.63) is 23.8 Å². The zero-order valence-electron chi connectivity index (χ0n) is 11.5. The first kappa shape index (κ1) is 14.2. The zero-order chi connectivity index (χ0) is 14.5. The molecule has 0 bridgehead atoms. The van der Waals surface area contributed by atoms with E-state index in [-0.39, 0.29) is 17.9 Å². The van der Waals surface area contributed by atoms with E-state index in [1.165, 1.54) is 0 Å². The fraction of sp³-hybridized carbons (Fsp3) is 0.429. The molecule has 0 aromatic heterocycles. The molecule has 0 spiro atoms. The van der Waals surface area contributed by atoms with Crippen molar-refractivity contribution in [3.63, 3.8) is 0 Å². The van der Waals surface area contributed by atoms with Crippen molar-refractivity contribution < 1.29 is 9.59 Å². The number of hydrogen-bond donors (Lipinski definition) is 4. The van der Waals surface area contributed by atoms with Crippen molar-refractivity contribution in [3.8, 4) is 0 Å². The molecule has 6 heteroatoms. The Balaban J connectivity index is 2.07. The van der Waals surface area contributed by atoms with Gasteiger partial charge in [0, 0.05) is 36.9 Å². The Morgan fingerprint density at radius 3 is 2.95 bits per heavy atom. The van der Waals surface area contributed by atoms with Crippen LogP contribution in [0, 0.1) is 0 Å². The summed E-state index contributed by atoms with van der Waals surface area (Å²) in [5.41, 5.74) is 7.61. The lowest BCUT2D eigenvalue weighted by atomic mass is 10.1. The SMILES string of the molecule is CCNC(=O)c1ccc(N)cc1NCC1CCC(=O)N1. The van der Waals surface area contributed by atoms with Gasteiger partial charge in [-0.25, -0.2) is 0 Å². The third-order valence-corrected chi connectivity index (χ3v) is 3.25. The molecule has 1 aliphatic heterocycles. The van der Waals surface area contributed by atoms with Crippen LogP contribution in [0.5, 0.6) is 0 Å². The predicted molar refractivity (Wildman–Crippen MR) is 78.5 cm³/mol. The molecule has 0 aliphatic carbocycles. The lowest BCUT2D eigenvalue weighted by molar-refractivity contribution is -0.119. The molecule has 6 nitrogen and oxygen atoms in total. The molecule has 1 unspecified atom stereocenters. The third kappa shape index (κ3) is 3.40. The summed E-state index contributed by atoms with van der Waals surface area (Å²) >= 11 is 0. The summed E-state index contributed by atoms with van der Waals surface area (Å²) in [4.78, 5) is 23.1. The second-order valence-electron chi connectivity index (χ2n) is 4.85. The lowest BCUT2D eigenvalue weighted by Gasteiger charge is -2.16. The van der Waals surface area contributed by atoms with E-state index >= 15 is 0 Å². The average molecular weight is 276 g/mol. The number of benzene rings is 1. The summed E-state index contributed by atoms with van der Waals surface area (Å²) in [6.07, 6.45) is 1.37. The van der Waals surface area contributed by atoms with Crippen LogP contribution in [0.25, 0.3) is 0 Å². The van der Waals surface area contributed by atoms with Gasteiger partial charge in [-0.3, -0.25) is 9.59 Å². The van der Waals surface area contributed by atoms with E-state index in [0.29, 0.717) is 36.4 Å². The number of anilines is 2. The Bertz CT molecular complexity index is 516. The smallest absolute Gasteiger partial charge is 0.253 e. The van der Waals surface area contributed by atoms with E-state index in [1.54, 1.807) is 18.2 Å². The summed E-state index contributed by atoms with van der Waals surface area (Å²) in [6, 6.07) is 5.25. The van der Waals surface area contributed by atoms with Crippen LogP contribution >= 0.6 is 0 Å². The zero-order valence-corrected chi connectivity index (χ0v) is 11.5. The van der Waals surface area contributed by atoms with Gasteiger partial charge in [0.05, 0.1) is 5.56 Å². The van der Waals surface area contributed by atoms with Gasteiger partial charge in [-0.05, 0) is 31.5 Å². The summed E-state index contributed by atoms with van der Waals surface area (Å²) < 4.78 is 0. The Morgan fingerprint density at radius 1 is 1.50 bits per heavy atom.